The maximum Gasteiger partial charge on any atom is 0.323 e. The molecule has 104 valence electrons. The molecule has 1 aromatic carbocycles. The first kappa shape index (κ1) is 14.8. The first-order chi connectivity index (χ1) is 8.96. The molecule has 6 heteroatoms. The van der Waals surface area contributed by atoms with Gasteiger partial charge in [0.1, 0.15) is 18.0 Å². The zero-order valence-electron chi connectivity index (χ0n) is 11.2. The van der Waals surface area contributed by atoms with Crippen molar-refractivity contribution in [3.8, 4) is 11.5 Å². The van der Waals surface area contributed by atoms with Crippen molar-refractivity contribution in [2.45, 2.75) is 13.5 Å². The fourth-order valence-corrected chi connectivity index (χ4v) is 1.62. The van der Waals surface area contributed by atoms with Crippen molar-refractivity contribution in [1.29, 1.82) is 0 Å². The molecule has 6 nitrogen and oxygen atoms in total. The van der Waals surface area contributed by atoms with E-state index in [9.17, 15) is 9.59 Å². The Kier molecular flexibility index (Phi) is 5.17. The highest BCUT2D eigenvalue weighted by Gasteiger charge is 2.14. The van der Waals surface area contributed by atoms with Crippen LogP contribution in [0.15, 0.2) is 18.2 Å². The summed E-state index contributed by atoms with van der Waals surface area (Å²) in [5.41, 5.74) is 0.743. The van der Waals surface area contributed by atoms with Gasteiger partial charge in [0.05, 0.1) is 14.2 Å². The van der Waals surface area contributed by atoms with Crippen LogP contribution in [-0.2, 0) is 16.1 Å². The van der Waals surface area contributed by atoms with Gasteiger partial charge in [-0.05, 0) is 17.7 Å². The number of carbonyl (C=O) groups excluding carboxylic acids is 1. The van der Waals surface area contributed by atoms with Gasteiger partial charge in [-0.3, -0.25) is 9.59 Å². The molecule has 0 saturated carbocycles. The van der Waals surface area contributed by atoms with Crippen LogP contribution in [-0.4, -0.2) is 42.6 Å². The summed E-state index contributed by atoms with van der Waals surface area (Å²) in [6.45, 7) is 1.18. The van der Waals surface area contributed by atoms with E-state index in [4.69, 9.17) is 14.6 Å². The number of rotatable bonds is 6. The number of amides is 1. The minimum atomic E-state index is -1.05. The van der Waals surface area contributed by atoms with Crippen molar-refractivity contribution in [3.05, 3.63) is 23.8 Å². The molecule has 1 amide bonds. The molecule has 0 atom stereocenters. The summed E-state index contributed by atoms with van der Waals surface area (Å²) in [4.78, 5) is 23.3. The van der Waals surface area contributed by atoms with Crippen molar-refractivity contribution in [1.82, 2.24) is 4.90 Å². The standard InChI is InChI=1S/C13H17NO5/c1-9(15)14(8-13(16)17)7-10-4-11(18-2)6-12(5-10)19-3/h4-6H,7-8H2,1-3H3,(H,16,17). The van der Waals surface area contributed by atoms with Crippen molar-refractivity contribution in [2.24, 2.45) is 0 Å². The Balaban J connectivity index is 2.94. The van der Waals surface area contributed by atoms with Crippen LogP contribution < -0.4 is 9.47 Å². The van der Waals surface area contributed by atoms with Gasteiger partial charge in [-0.2, -0.15) is 0 Å². The monoisotopic (exact) mass is 267 g/mol. The van der Waals surface area contributed by atoms with Crippen LogP contribution in [0.5, 0.6) is 11.5 Å². The number of aliphatic carboxylic acids is 1. The Morgan fingerprint density at radius 1 is 1.16 bits per heavy atom. The van der Waals surface area contributed by atoms with Crippen LogP contribution in [0.2, 0.25) is 0 Å². The minimum Gasteiger partial charge on any atom is -0.497 e. The summed E-state index contributed by atoms with van der Waals surface area (Å²) >= 11 is 0. The van der Waals surface area contributed by atoms with Gasteiger partial charge in [0.2, 0.25) is 5.91 Å². The smallest absolute Gasteiger partial charge is 0.323 e. The Hall–Kier alpha value is -2.24. The lowest BCUT2D eigenvalue weighted by Gasteiger charge is -2.19. The number of methoxy groups -OCH3 is 2. The van der Waals surface area contributed by atoms with E-state index >= 15 is 0 Å². The van der Waals surface area contributed by atoms with Crippen LogP contribution in [0.1, 0.15) is 12.5 Å². The van der Waals surface area contributed by atoms with Crippen LogP contribution in [0.25, 0.3) is 0 Å². The van der Waals surface area contributed by atoms with Crippen molar-refractivity contribution in [3.63, 3.8) is 0 Å². The molecule has 0 bridgehead atoms. The maximum atomic E-state index is 11.4. The lowest BCUT2D eigenvalue weighted by Crippen LogP contribution is -2.33. The van der Waals surface area contributed by atoms with Crippen LogP contribution >= 0.6 is 0 Å². The average Bonchev–Trinajstić information content (AvgIpc) is 2.36. The van der Waals surface area contributed by atoms with E-state index in [1.807, 2.05) is 0 Å². The molecule has 0 aromatic heterocycles. The molecule has 19 heavy (non-hydrogen) atoms. The summed E-state index contributed by atoms with van der Waals surface area (Å²) in [6.07, 6.45) is 0. The lowest BCUT2D eigenvalue weighted by atomic mass is 10.2. The number of ether oxygens (including phenoxy) is 2. The van der Waals surface area contributed by atoms with E-state index in [1.54, 1.807) is 18.2 Å². The second-order valence-electron chi connectivity index (χ2n) is 3.99. The average molecular weight is 267 g/mol. The predicted octanol–water partition coefficient (Wildman–Crippen LogP) is 1.14. The highest BCUT2D eigenvalue weighted by molar-refractivity contribution is 5.79. The zero-order valence-corrected chi connectivity index (χ0v) is 11.2. The van der Waals surface area contributed by atoms with E-state index in [0.29, 0.717) is 11.5 Å². The molecule has 0 unspecified atom stereocenters. The van der Waals surface area contributed by atoms with Gasteiger partial charge < -0.3 is 19.5 Å². The Morgan fingerprint density at radius 2 is 1.68 bits per heavy atom. The van der Waals surface area contributed by atoms with Gasteiger partial charge in [0, 0.05) is 19.5 Å². The second-order valence-corrected chi connectivity index (χ2v) is 3.99. The SMILES string of the molecule is COc1cc(CN(CC(=O)O)C(C)=O)cc(OC)c1. The molecule has 0 heterocycles. The van der Waals surface area contributed by atoms with Gasteiger partial charge >= 0.3 is 5.97 Å². The molecular weight excluding hydrogens is 250 g/mol. The molecule has 0 aliphatic heterocycles. The van der Waals surface area contributed by atoms with E-state index in [2.05, 4.69) is 0 Å². The van der Waals surface area contributed by atoms with Crippen LogP contribution in [0, 0.1) is 0 Å². The van der Waals surface area contributed by atoms with Gasteiger partial charge in [0.15, 0.2) is 0 Å². The molecule has 0 radical (unpaired) electrons. The molecule has 0 spiro atoms. The Bertz CT molecular complexity index is 450. The van der Waals surface area contributed by atoms with Crippen molar-refractivity contribution in [2.75, 3.05) is 20.8 Å². The van der Waals surface area contributed by atoms with Crippen LogP contribution in [0.3, 0.4) is 0 Å². The molecule has 0 aliphatic rings. The van der Waals surface area contributed by atoms with Crippen molar-refractivity contribution < 1.29 is 24.2 Å². The fourth-order valence-electron chi connectivity index (χ4n) is 1.62. The van der Waals surface area contributed by atoms with Crippen molar-refractivity contribution >= 4 is 11.9 Å². The molecule has 0 saturated heterocycles. The third kappa shape index (κ3) is 4.50. The van der Waals surface area contributed by atoms with Gasteiger partial charge in [-0.25, -0.2) is 0 Å². The van der Waals surface area contributed by atoms with E-state index in [-0.39, 0.29) is 19.0 Å². The predicted molar refractivity (Wildman–Crippen MR) is 68.3 cm³/mol. The highest BCUT2D eigenvalue weighted by Crippen LogP contribution is 2.23. The number of hydrogen-bond donors (Lipinski definition) is 1. The van der Waals surface area contributed by atoms with Gasteiger partial charge in [-0.15, -0.1) is 0 Å². The third-order valence-electron chi connectivity index (χ3n) is 2.56. The van der Waals surface area contributed by atoms with Crippen LogP contribution in [0.4, 0.5) is 0 Å². The molecule has 1 N–H and O–H groups in total. The summed E-state index contributed by atoms with van der Waals surface area (Å²) in [5.74, 6) is -0.171. The molecule has 1 rings (SSSR count). The number of carboxylic acids is 1. The minimum absolute atomic E-state index is 0.190. The summed E-state index contributed by atoms with van der Waals surface area (Å²) in [6, 6.07) is 5.18. The summed E-state index contributed by atoms with van der Waals surface area (Å²) in [5, 5.41) is 8.77. The molecule has 0 aliphatic carbocycles. The second kappa shape index (κ2) is 6.63. The topological polar surface area (TPSA) is 76.1 Å². The zero-order chi connectivity index (χ0) is 14.4. The number of carboxylic acid groups (broad SMARTS) is 1. The number of carbonyl (C=O) groups is 2. The number of hydrogen-bond acceptors (Lipinski definition) is 4. The quantitative estimate of drug-likeness (QED) is 0.836. The Labute approximate surface area is 111 Å². The first-order valence-electron chi connectivity index (χ1n) is 5.65. The molecule has 1 aromatic rings. The highest BCUT2D eigenvalue weighted by atomic mass is 16.5. The fraction of sp³-hybridized carbons (Fsp3) is 0.385. The van der Waals surface area contributed by atoms with E-state index < -0.39 is 5.97 Å². The lowest BCUT2D eigenvalue weighted by molar-refractivity contribution is -0.144. The third-order valence-corrected chi connectivity index (χ3v) is 2.56. The molecular formula is C13H17NO5. The van der Waals surface area contributed by atoms with E-state index in [0.717, 1.165) is 5.56 Å². The number of benzene rings is 1. The summed E-state index contributed by atoms with van der Waals surface area (Å²) in [7, 11) is 3.05. The largest absolute Gasteiger partial charge is 0.497 e. The maximum absolute atomic E-state index is 11.4. The number of nitrogens with zero attached hydrogens (tertiary/aromatic N) is 1. The normalized spacial score (nSPS) is 9.84. The van der Waals surface area contributed by atoms with Gasteiger partial charge in [-0.1, -0.05) is 0 Å². The first-order valence-corrected chi connectivity index (χ1v) is 5.65. The molecule has 0 fully saturated rings. The van der Waals surface area contributed by atoms with Gasteiger partial charge in [0.25, 0.3) is 0 Å². The Morgan fingerprint density at radius 3 is 2.05 bits per heavy atom. The summed E-state index contributed by atoms with van der Waals surface area (Å²) < 4.78 is 10.2. The van der Waals surface area contributed by atoms with E-state index in [1.165, 1.54) is 26.0 Å².